The number of halogens is 2. The van der Waals surface area contributed by atoms with Gasteiger partial charge in [0.05, 0.1) is 12.2 Å². The lowest BCUT2D eigenvalue weighted by Crippen LogP contribution is -2.30. The predicted octanol–water partition coefficient (Wildman–Crippen LogP) is 9.97. The molecule has 0 aromatic heterocycles. The van der Waals surface area contributed by atoms with E-state index in [1.54, 1.807) is 24.3 Å². The molecule has 204 valence electrons. The van der Waals surface area contributed by atoms with Gasteiger partial charge in [-0.3, -0.25) is 0 Å². The van der Waals surface area contributed by atoms with E-state index in [1.807, 2.05) is 0 Å². The maximum absolute atomic E-state index is 9.35. The summed E-state index contributed by atoms with van der Waals surface area (Å²) < 4.78 is 8.19. The van der Waals surface area contributed by atoms with Crippen LogP contribution in [-0.2, 0) is 0 Å². The molecule has 0 bridgehead atoms. The van der Waals surface area contributed by atoms with E-state index in [-0.39, 0.29) is 6.10 Å². The van der Waals surface area contributed by atoms with Crippen LogP contribution in [0.25, 0.3) is 0 Å². The van der Waals surface area contributed by atoms with Crippen LogP contribution in [0.15, 0.2) is 57.5 Å². The second-order valence-electron chi connectivity index (χ2n) is 11.9. The summed E-state index contributed by atoms with van der Waals surface area (Å²) in [7, 11) is 0. The third-order valence-electron chi connectivity index (χ3n) is 9.28. The third-order valence-corrected chi connectivity index (χ3v) is 10.3. The van der Waals surface area contributed by atoms with E-state index in [0.29, 0.717) is 22.7 Å². The predicted molar refractivity (Wildman–Crippen MR) is 159 cm³/mol. The van der Waals surface area contributed by atoms with Crippen LogP contribution in [0, 0.1) is 10.8 Å². The zero-order valence-corrected chi connectivity index (χ0v) is 25.3. The van der Waals surface area contributed by atoms with E-state index >= 15 is 0 Å². The molecule has 5 heteroatoms. The van der Waals surface area contributed by atoms with Crippen molar-refractivity contribution in [2.75, 3.05) is 0 Å². The quantitative estimate of drug-likeness (QED) is 0.345. The van der Waals surface area contributed by atoms with Crippen LogP contribution in [0.4, 0.5) is 0 Å². The van der Waals surface area contributed by atoms with Gasteiger partial charge in [0.1, 0.15) is 11.5 Å². The minimum atomic E-state index is 0.0289. The minimum Gasteiger partial charge on any atom is -0.508 e. The summed E-state index contributed by atoms with van der Waals surface area (Å²) in [6.45, 7) is 0. The van der Waals surface area contributed by atoms with E-state index in [9.17, 15) is 5.11 Å². The molecule has 4 aliphatic rings. The van der Waals surface area contributed by atoms with Crippen molar-refractivity contribution in [1.29, 1.82) is 0 Å². The fourth-order valence-corrected chi connectivity index (χ4v) is 7.46. The summed E-state index contributed by atoms with van der Waals surface area (Å²) in [5, 5.41) is 18.1. The average molecular weight is 637 g/mol. The molecule has 0 aliphatic heterocycles. The molecule has 0 amide bonds. The van der Waals surface area contributed by atoms with E-state index in [4.69, 9.17) is 9.84 Å². The summed E-state index contributed by atoms with van der Waals surface area (Å²) in [6, 6.07) is 15.1. The largest absolute Gasteiger partial charge is 0.508 e. The van der Waals surface area contributed by atoms with Crippen LogP contribution in [0.1, 0.15) is 103 Å². The van der Waals surface area contributed by atoms with Crippen molar-refractivity contribution in [3.05, 3.63) is 57.5 Å². The molecule has 0 atom stereocenters. The Kier molecular flexibility index (Phi) is 10.8. The highest BCUT2D eigenvalue weighted by Crippen LogP contribution is 2.50. The summed E-state index contributed by atoms with van der Waals surface area (Å²) in [6.07, 6.45) is 22.1. The molecular weight excluding hydrogens is 592 g/mol. The van der Waals surface area contributed by atoms with E-state index in [1.165, 1.54) is 89.9 Å². The van der Waals surface area contributed by atoms with Crippen molar-refractivity contribution < 1.29 is 14.9 Å². The van der Waals surface area contributed by atoms with Gasteiger partial charge in [-0.25, -0.2) is 0 Å². The van der Waals surface area contributed by atoms with Crippen molar-refractivity contribution in [2.24, 2.45) is 10.8 Å². The second-order valence-corrected chi connectivity index (χ2v) is 13.7. The maximum Gasteiger partial charge on any atom is 0.119 e. The first-order valence-corrected chi connectivity index (χ1v) is 16.0. The Morgan fingerprint density at radius 3 is 1.43 bits per heavy atom. The molecule has 0 unspecified atom stereocenters. The molecule has 6 rings (SSSR count). The molecule has 4 fully saturated rings. The van der Waals surface area contributed by atoms with Crippen molar-refractivity contribution in [3.63, 3.8) is 0 Å². The molecule has 0 radical (unpaired) electrons. The SMILES string of the molecule is Brc1ccc(OC2CCC3(CCCC3)CC2)cc1.OC1CCC2(CCCC2)CC1.Oc1ccc(Br)cc1. The van der Waals surface area contributed by atoms with Gasteiger partial charge in [0.25, 0.3) is 0 Å². The number of benzene rings is 2. The van der Waals surface area contributed by atoms with Crippen LogP contribution >= 0.6 is 31.9 Å². The molecule has 3 nitrogen and oxygen atoms in total. The van der Waals surface area contributed by atoms with Gasteiger partial charge >= 0.3 is 0 Å². The molecule has 0 heterocycles. The number of rotatable bonds is 2. The summed E-state index contributed by atoms with van der Waals surface area (Å²) >= 11 is 6.69. The maximum atomic E-state index is 9.35. The molecule has 2 N–H and O–H groups in total. The molecule has 2 aromatic carbocycles. The Morgan fingerprint density at radius 2 is 1.00 bits per heavy atom. The molecular formula is C32H44Br2O3. The lowest BCUT2D eigenvalue weighted by Gasteiger charge is -2.37. The van der Waals surface area contributed by atoms with Crippen LogP contribution < -0.4 is 4.74 Å². The van der Waals surface area contributed by atoms with Gasteiger partial charge in [0.2, 0.25) is 0 Å². The number of phenols is 1. The molecule has 37 heavy (non-hydrogen) atoms. The number of aromatic hydroxyl groups is 1. The lowest BCUT2D eigenvalue weighted by atomic mass is 9.72. The van der Waals surface area contributed by atoms with Crippen LogP contribution in [0.3, 0.4) is 0 Å². The van der Waals surface area contributed by atoms with Gasteiger partial charge < -0.3 is 14.9 Å². The Labute approximate surface area is 240 Å². The van der Waals surface area contributed by atoms with Crippen molar-refractivity contribution in [1.82, 2.24) is 0 Å². The summed E-state index contributed by atoms with van der Waals surface area (Å²) in [4.78, 5) is 0. The Morgan fingerprint density at radius 1 is 0.595 bits per heavy atom. The fraction of sp³-hybridized carbons (Fsp3) is 0.625. The second kappa shape index (κ2) is 13.8. The van der Waals surface area contributed by atoms with E-state index in [0.717, 1.165) is 27.5 Å². The lowest BCUT2D eigenvalue weighted by molar-refractivity contribution is 0.0657. The summed E-state index contributed by atoms with van der Waals surface area (Å²) in [5.41, 5.74) is 1.40. The molecule has 4 aliphatic carbocycles. The number of hydrogen-bond donors (Lipinski definition) is 2. The highest BCUT2D eigenvalue weighted by molar-refractivity contribution is 9.10. The van der Waals surface area contributed by atoms with Gasteiger partial charge in [-0.15, -0.1) is 0 Å². The highest BCUT2D eigenvalue weighted by Gasteiger charge is 2.38. The third kappa shape index (κ3) is 9.00. The first-order valence-electron chi connectivity index (χ1n) is 14.4. The van der Waals surface area contributed by atoms with Gasteiger partial charge in [-0.05, 0) is 136 Å². The standard InChI is InChI=1S/C16H21BrO.C10H18O.C6H5BrO/c17-13-3-5-14(6-4-13)18-15-7-11-16(12-8-15)9-1-2-10-16;11-9-3-7-10(8-4-9)5-1-2-6-10;7-5-1-3-6(8)4-2-5/h3-6,15H,1-2,7-12H2;9,11H,1-8H2;1-4,8H. The normalized spacial score (nSPS) is 24.1. The van der Waals surface area contributed by atoms with Gasteiger partial charge in [0.15, 0.2) is 0 Å². The van der Waals surface area contributed by atoms with Crippen LogP contribution in [0.5, 0.6) is 11.5 Å². The minimum absolute atomic E-state index is 0.0289. The Hall–Kier alpha value is -1.04. The zero-order chi connectivity index (χ0) is 26.1. The highest BCUT2D eigenvalue weighted by atomic mass is 79.9. The first-order chi connectivity index (χ1) is 17.9. The molecule has 0 saturated heterocycles. The van der Waals surface area contributed by atoms with E-state index < -0.39 is 0 Å². The number of ether oxygens (including phenoxy) is 1. The van der Waals surface area contributed by atoms with Gasteiger partial charge in [-0.2, -0.15) is 0 Å². The smallest absolute Gasteiger partial charge is 0.119 e. The van der Waals surface area contributed by atoms with E-state index in [2.05, 4.69) is 56.1 Å². The van der Waals surface area contributed by atoms with Crippen LogP contribution in [-0.4, -0.2) is 22.4 Å². The van der Waals surface area contributed by atoms with Gasteiger partial charge in [0, 0.05) is 8.95 Å². The topological polar surface area (TPSA) is 49.7 Å². The van der Waals surface area contributed by atoms with Crippen LogP contribution in [0.2, 0.25) is 0 Å². The van der Waals surface area contributed by atoms with Crippen molar-refractivity contribution in [3.8, 4) is 11.5 Å². The Balaban J connectivity index is 0.000000143. The zero-order valence-electron chi connectivity index (χ0n) is 22.1. The first kappa shape index (κ1) is 29.0. The van der Waals surface area contributed by atoms with Gasteiger partial charge in [-0.1, -0.05) is 57.5 Å². The number of aliphatic hydroxyl groups is 1. The monoisotopic (exact) mass is 634 g/mol. The number of phenolic OH excluding ortho intramolecular Hbond substituents is 1. The number of aliphatic hydroxyl groups excluding tert-OH is 1. The number of hydrogen-bond acceptors (Lipinski definition) is 3. The summed E-state index contributed by atoms with van der Waals surface area (Å²) in [5.74, 6) is 1.32. The van der Waals surface area contributed by atoms with Crippen molar-refractivity contribution >= 4 is 31.9 Å². The Bertz CT molecular complexity index is 891. The molecule has 2 spiro atoms. The fourth-order valence-electron chi connectivity index (χ4n) is 6.93. The van der Waals surface area contributed by atoms with Crippen molar-refractivity contribution in [2.45, 2.75) is 115 Å². The molecule has 4 saturated carbocycles. The average Bonchev–Trinajstić information content (AvgIpc) is 3.57. The molecule has 2 aromatic rings.